The fraction of sp³-hybridized carbons (Fsp3) is 0.143. The Morgan fingerprint density at radius 1 is 1.21 bits per heavy atom. The predicted molar refractivity (Wildman–Crippen MR) is 66.2 cm³/mol. The molecule has 0 unspecified atom stereocenters. The minimum absolute atomic E-state index is 0. The summed E-state index contributed by atoms with van der Waals surface area (Å²) in [5, 5.41) is 11.2. The first-order valence-corrected chi connectivity index (χ1v) is 5.49. The molecular weight excluding hydrogens is 253 g/mol. The average Bonchev–Trinajstić information content (AvgIpc) is 2.34. The molecule has 0 saturated heterocycles. The molecule has 0 amide bonds. The zero-order valence-corrected chi connectivity index (χ0v) is 13.1. The molecule has 2 aromatic rings. The fourth-order valence-electron chi connectivity index (χ4n) is 1.95. The minimum atomic E-state index is -1.45. The van der Waals surface area contributed by atoms with Crippen molar-refractivity contribution in [2.75, 3.05) is 0 Å². The molecule has 0 fully saturated rings. The van der Waals surface area contributed by atoms with Gasteiger partial charge in [0.25, 0.3) is 0 Å². The molecule has 1 aromatic carbocycles. The Kier molecular flexibility index (Phi) is 5.11. The molecule has 1 aromatic heterocycles. The van der Waals surface area contributed by atoms with Gasteiger partial charge in [-0.25, -0.2) is 0 Å². The van der Waals surface area contributed by atoms with Crippen LogP contribution in [0.3, 0.4) is 0 Å². The van der Waals surface area contributed by atoms with Crippen LogP contribution in [0.4, 0.5) is 0 Å². The van der Waals surface area contributed by atoms with Gasteiger partial charge in [0, 0.05) is 18.8 Å². The van der Waals surface area contributed by atoms with Crippen molar-refractivity contribution in [1.29, 1.82) is 0 Å². The molecule has 0 aliphatic rings. The average molecular weight is 265 g/mol. The second kappa shape index (κ2) is 6.19. The van der Waals surface area contributed by atoms with Crippen LogP contribution in [0.2, 0.25) is 0 Å². The second-order valence-corrected chi connectivity index (χ2v) is 4.09. The molecule has 0 aliphatic carbocycles. The third-order valence-corrected chi connectivity index (χ3v) is 2.94. The Morgan fingerprint density at radius 3 is 2.32 bits per heavy atom. The Labute approximate surface area is 133 Å². The third-order valence-electron chi connectivity index (χ3n) is 2.94. The Morgan fingerprint density at radius 2 is 1.79 bits per heavy atom. The van der Waals surface area contributed by atoms with Crippen molar-refractivity contribution in [2.24, 2.45) is 7.05 Å². The summed E-state index contributed by atoms with van der Waals surface area (Å²) in [6, 6.07) is 10.2. The molecule has 0 radical (unpaired) electrons. The number of hydrogen-bond acceptors (Lipinski definition) is 3. The van der Waals surface area contributed by atoms with Gasteiger partial charge >= 0.3 is 29.6 Å². The number of carbonyl (C=O) groups is 1. The Bertz CT molecular complexity index is 662. The predicted octanol–water partition coefficient (Wildman–Crippen LogP) is -2.27. The molecule has 0 N–H and O–H groups in total. The standard InChI is InChI=1S/C14H13NO3.Na/c1-9-8-11(16)12(14(17)18)13(15(9)2)10-6-4-3-5-7-10;/h3-8H,1-2H3,(H,17,18);/q;+1/p-1. The van der Waals surface area contributed by atoms with E-state index in [2.05, 4.69) is 0 Å². The van der Waals surface area contributed by atoms with Crippen LogP contribution in [0.1, 0.15) is 16.1 Å². The number of carbonyl (C=O) groups excluding carboxylic acids is 1. The number of benzene rings is 1. The first-order chi connectivity index (χ1) is 8.52. The Hall–Kier alpha value is -1.36. The summed E-state index contributed by atoms with van der Waals surface area (Å²) in [6.07, 6.45) is 0. The minimum Gasteiger partial charge on any atom is -0.545 e. The normalized spacial score (nSPS) is 9.79. The van der Waals surface area contributed by atoms with Crippen molar-refractivity contribution in [1.82, 2.24) is 4.57 Å². The number of aromatic nitrogens is 1. The molecule has 0 atom stereocenters. The monoisotopic (exact) mass is 265 g/mol. The molecule has 1 heterocycles. The van der Waals surface area contributed by atoms with Crippen LogP contribution in [-0.2, 0) is 7.05 Å². The number of aromatic carboxylic acids is 1. The summed E-state index contributed by atoms with van der Waals surface area (Å²) in [7, 11) is 1.73. The van der Waals surface area contributed by atoms with Gasteiger partial charge < -0.3 is 14.5 Å². The van der Waals surface area contributed by atoms with Crippen molar-refractivity contribution in [3.05, 3.63) is 57.9 Å². The number of nitrogens with zero attached hydrogens (tertiary/aromatic N) is 1. The van der Waals surface area contributed by atoms with Crippen molar-refractivity contribution in [2.45, 2.75) is 6.92 Å². The maximum Gasteiger partial charge on any atom is 1.00 e. The van der Waals surface area contributed by atoms with Crippen molar-refractivity contribution in [3.8, 4) is 11.3 Å². The SMILES string of the molecule is Cc1cc(=O)c(C(=O)[O-])c(-c2ccccc2)n1C.[Na+]. The summed E-state index contributed by atoms with van der Waals surface area (Å²) in [6.45, 7) is 1.76. The van der Waals surface area contributed by atoms with Crippen LogP contribution in [0.5, 0.6) is 0 Å². The molecule has 92 valence electrons. The van der Waals surface area contributed by atoms with E-state index < -0.39 is 11.4 Å². The van der Waals surface area contributed by atoms with Crippen LogP contribution in [0.25, 0.3) is 11.3 Å². The first-order valence-electron chi connectivity index (χ1n) is 5.49. The maximum absolute atomic E-state index is 11.8. The topological polar surface area (TPSA) is 62.1 Å². The number of aryl methyl sites for hydroxylation is 1. The molecule has 0 aliphatic heterocycles. The van der Waals surface area contributed by atoms with E-state index in [0.717, 1.165) is 0 Å². The van der Waals surface area contributed by atoms with Crippen LogP contribution in [0, 0.1) is 6.92 Å². The van der Waals surface area contributed by atoms with Crippen LogP contribution in [-0.4, -0.2) is 10.5 Å². The van der Waals surface area contributed by atoms with E-state index >= 15 is 0 Å². The first kappa shape index (κ1) is 15.7. The summed E-state index contributed by atoms with van der Waals surface area (Å²) in [5.41, 5.74) is 0.934. The number of rotatable bonds is 2. The molecule has 2 rings (SSSR count). The fourth-order valence-corrected chi connectivity index (χ4v) is 1.95. The van der Waals surface area contributed by atoms with Gasteiger partial charge in [-0.1, -0.05) is 30.3 Å². The van der Waals surface area contributed by atoms with Gasteiger partial charge in [0.2, 0.25) is 0 Å². The number of pyridine rings is 1. The summed E-state index contributed by atoms with van der Waals surface area (Å²) >= 11 is 0. The van der Waals surface area contributed by atoms with Crippen molar-refractivity contribution in [3.63, 3.8) is 0 Å². The van der Waals surface area contributed by atoms with Gasteiger partial charge in [0.05, 0.1) is 17.2 Å². The Balaban J connectivity index is 0.00000180. The summed E-state index contributed by atoms with van der Waals surface area (Å²) in [4.78, 5) is 22.9. The van der Waals surface area contributed by atoms with E-state index in [1.54, 1.807) is 42.8 Å². The number of carboxylic acids is 1. The molecule has 0 saturated carbocycles. The third kappa shape index (κ3) is 2.97. The largest absolute Gasteiger partial charge is 1.00 e. The zero-order valence-electron chi connectivity index (χ0n) is 11.1. The van der Waals surface area contributed by atoms with Crippen LogP contribution in [0.15, 0.2) is 41.2 Å². The van der Waals surface area contributed by atoms with Gasteiger partial charge in [-0.15, -0.1) is 0 Å². The van der Waals surface area contributed by atoms with E-state index in [-0.39, 0.29) is 35.1 Å². The van der Waals surface area contributed by atoms with Gasteiger partial charge in [0.1, 0.15) is 0 Å². The van der Waals surface area contributed by atoms with Gasteiger partial charge in [-0.05, 0) is 12.5 Å². The zero-order chi connectivity index (χ0) is 13.3. The van der Waals surface area contributed by atoms with Gasteiger partial charge in [-0.3, -0.25) is 4.79 Å². The smallest absolute Gasteiger partial charge is 0.545 e. The quantitative estimate of drug-likeness (QED) is 0.575. The summed E-state index contributed by atoms with van der Waals surface area (Å²) < 4.78 is 1.68. The van der Waals surface area contributed by atoms with E-state index in [1.807, 2.05) is 6.07 Å². The van der Waals surface area contributed by atoms with Crippen molar-refractivity contribution < 1.29 is 39.5 Å². The number of carboxylic acid groups (broad SMARTS) is 1. The van der Waals surface area contributed by atoms with Crippen LogP contribution >= 0.6 is 0 Å². The van der Waals surface area contributed by atoms with Crippen LogP contribution < -0.4 is 40.1 Å². The summed E-state index contributed by atoms with van der Waals surface area (Å²) in [5.74, 6) is -1.45. The van der Waals surface area contributed by atoms with E-state index in [0.29, 0.717) is 17.0 Å². The molecule has 4 nitrogen and oxygen atoms in total. The van der Waals surface area contributed by atoms with Gasteiger partial charge in [0.15, 0.2) is 5.43 Å². The molecule has 0 spiro atoms. The maximum atomic E-state index is 11.8. The second-order valence-electron chi connectivity index (χ2n) is 4.09. The molecule has 0 bridgehead atoms. The molecular formula is C14H12NNaO3. The van der Waals surface area contributed by atoms with Gasteiger partial charge in [-0.2, -0.15) is 0 Å². The van der Waals surface area contributed by atoms with E-state index in [9.17, 15) is 14.7 Å². The number of hydrogen-bond donors (Lipinski definition) is 0. The van der Waals surface area contributed by atoms with E-state index in [1.165, 1.54) is 6.07 Å². The molecule has 19 heavy (non-hydrogen) atoms. The molecule has 5 heteroatoms. The van der Waals surface area contributed by atoms with E-state index in [4.69, 9.17) is 0 Å². The van der Waals surface area contributed by atoms with Crippen molar-refractivity contribution >= 4 is 5.97 Å².